The number of nitrogens with one attached hydrogen (secondary N) is 2. The summed E-state index contributed by atoms with van der Waals surface area (Å²) >= 11 is 0. The minimum atomic E-state index is -2.91. The van der Waals surface area contributed by atoms with E-state index in [2.05, 4.69) is 20.6 Å². The number of rotatable bonds is 4. The maximum Gasteiger partial charge on any atom is 0.282 e. The van der Waals surface area contributed by atoms with Crippen molar-refractivity contribution in [3.63, 3.8) is 0 Å². The smallest absolute Gasteiger partial charge is 0.282 e. The van der Waals surface area contributed by atoms with Crippen molar-refractivity contribution in [1.82, 2.24) is 24.4 Å². The SMILES string of the molecule is Cc1nc2c(NC(=O)c3c(C(F)F)nc4n3CCCC4)cccc2c(=O)n1C1CCC(=O)NC1=O. The van der Waals surface area contributed by atoms with Crippen LogP contribution in [0.4, 0.5) is 14.5 Å². The number of amides is 3. The first-order valence-electron chi connectivity index (χ1n) is 11.3. The molecule has 0 bridgehead atoms. The molecule has 2 aliphatic rings. The molecule has 5 rings (SSSR count). The zero-order chi connectivity index (χ0) is 24.9. The lowest BCUT2D eigenvalue weighted by Gasteiger charge is -2.24. The summed E-state index contributed by atoms with van der Waals surface area (Å²) in [4.78, 5) is 58.8. The summed E-state index contributed by atoms with van der Waals surface area (Å²) in [7, 11) is 0. The van der Waals surface area contributed by atoms with Crippen molar-refractivity contribution < 1.29 is 23.2 Å². The molecule has 1 atom stereocenters. The quantitative estimate of drug-likeness (QED) is 0.548. The third-order valence-electron chi connectivity index (χ3n) is 6.40. The average Bonchev–Trinajstić information content (AvgIpc) is 3.21. The summed E-state index contributed by atoms with van der Waals surface area (Å²) in [5, 5.41) is 5.01. The molecule has 10 nitrogen and oxygen atoms in total. The van der Waals surface area contributed by atoms with Gasteiger partial charge >= 0.3 is 0 Å². The van der Waals surface area contributed by atoms with Crippen LogP contribution in [0.25, 0.3) is 10.9 Å². The van der Waals surface area contributed by atoms with Crippen molar-refractivity contribution >= 4 is 34.3 Å². The van der Waals surface area contributed by atoms with Gasteiger partial charge < -0.3 is 9.88 Å². The van der Waals surface area contributed by atoms with E-state index >= 15 is 0 Å². The van der Waals surface area contributed by atoms with E-state index in [1.54, 1.807) is 6.92 Å². The number of hydrogen-bond donors (Lipinski definition) is 2. The van der Waals surface area contributed by atoms with Gasteiger partial charge in [0.1, 0.15) is 34.6 Å². The zero-order valence-electron chi connectivity index (χ0n) is 18.8. The second-order valence-corrected chi connectivity index (χ2v) is 8.63. The monoisotopic (exact) mass is 484 g/mol. The first-order valence-corrected chi connectivity index (χ1v) is 11.3. The van der Waals surface area contributed by atoms with Crippen LogP contribution in [0.2, 0.25) is 0 Å². The average molecular weight is 484 g/mol. The van der Waals surface area contributed by atoms with E-state index in [1.807, 2.05) is 0 Å². The Morgan fingerprint density at radius 3 is 2.71 bits per heavy atom. The van der Waals surface area contributed by atoms with Crippen molar-refractivity contribution in [2.45, 2.75) is 58.0 Å². The number of nitrogens with zero attached hydrogens (tertiary/aromatic N) is 4. The van der Waals surface area contributed by atoms with Crippen LogP contribution >= 0.6 is 0 Å². The maximum absolute atomic E-state index is 13.7. The molecule has 2 N–H and O–H groups in total. The van der Waals surface area contributed by atoms with Crippen LogP contribution in [0.5, 0.6) is 0 Å². The van der Waals surface area contributed by atoms with Gasteiger partial charge in [0.05, 0.1) is 11.1 Å². The molecule has 4 heterocycles. The Morgan fingerprint density at radius 1 is 1.17 bits per heavy atom. The second-order valence-electron chi connectivity index (χ2n) is 8.63. The predicted octanol–water partition coefficient (Wildman–Crippen LogP) is 2.41. The second kappa shape index (κ2) is 8.67. The molecule has 1 saturated heterocycles. The molecule has 182 valence electrons. The summed E-state index contributed by atoms with van der Waals surface area (Å²) in [5.74, 6) is -1.07. The van der Waals surface area contributed by atoms with Gasteiger partial charge in [-0.05, 0) is 38.3 Å². The van der Waals surface area contributed by atoms with Crippen molar-refractivity contribution in [2.24, 2.45) is 0 Å². The van der Waals surface area contributed by atoms with Gasteiger partial charge in [0.15, 0.2) is 0 Å². The summed E-state index contributed by atoms with van der Waals surface area (Å²) < 4.78 is 30.1. The number of halogens is 2. The van der Waals surface area contributed by atoms with Gasteiger partial charge in [-0.1, -0.05) is 6.07 Å². The third kappa shape index (κ3) is 3.88. The van der Waals surface area contributed by atoms with Crippen LogP contribution in [0.3, 0.4) is 0 Å². The lowest BCUT2D eigenvalue weighted by atomic mass is 10.1. The van der Waals surface area contributed by atoms with E-state index in [1.165, 1.54) is 27.3 Å². The number of aryl methyl sites for hydroxylation is 2. The molecule has 2 aliphatic heterocycles. The summed E-state index contributed by atoms with van der Waals surface area (Å²) in [6.07, 6.45) is -0.575. The third-order valence-corrected chi connectivity index (χ3v) is 6.40. The van der Waals surface area contributed by atoms with Crippen LogP contribution in [0.15, 0.2) is 23.0 Å². The van der Waals surface area contributed by atoms with Gasteiger partial charge in [0.2, 0.25) is 11.8 Å². The van der Waals surface area contributed by atoms with E-state index in [4.69, 9.17) is 0 Å². The number of benzene rings is 1. The van der Waals surface area contributed by atoms with Crippen molar-refractivity contribution in [3.05, 3.63) is 51.6 Å². The Labute approximate surface area is 197 Å². The number of alkyl halides is 2. The van der Waals surface area contributed by atoms with Gasteiger partial charge in [0.25, 0.3) is 17.9 Å². The number of imide groups is 1. The topological polar surface area (TPSA) is 128 Å². The molecule has 35 heavy (non-hydrogen) atoms. The lowest BCUT2D eigenvalue weighted by molar-refractivity contribution is -0.135. The number of fused-ring (bicyclic) bond motifs is 2. The Hall–Kier alpha value is -3.96. The number of imidazole rings is 1. The Kier molecular flexibility index (Phi) is 5.65. The Balaban J connectivity index is 1.55. The number of piperidine rings is 1. The van der Waals surface area contributed by atoms with E-state index in [9.17, 15) is 28.0 Å². The van der Waals surface area contributed by atoms with Crippen molar-refractivity contribution in [3.8, 4) is 0 Å². The fourth-order valence-corrected chi connectivity index (χ4v) is 4.80. The molecular formula is C23H22F2N6O4. The molecule has 12 heteroatoms. The number of aromatic nitrogens is 4. The molecule has 1 unspecified atom stereocenters. The highest BCUT2D eigenvalue weighted by Crippen LogP contribution is 2.29. The van der Waals surface area contributed by atoms with Gasteiger partial charge in [-0.25, -0.2) is 18.7 Å². The summed E-state index contributed by atoms with van der Waals surface area (Å²) in [6, 6.07) is 3.68. The van der Waals surface area contributed by atoms with Crippen LogP contribution in [0, 0.1) is 6.92 Å². The Bertz CT molecular complexity index is 1440. The fourth-order valence-electron chi connectivity index (χ4n) is 4.80. The molecule has 0 saturated carbocycles. The number of carbonyl (C=O) groups is 3. The minimum Gasteiger partial charge on any atom is -0.324 e. The van der Waals surface area contributed by atoms with Gasteiger partial charge in [-0.2, -0.15) is 0 Å². The zero-order valence-corrected chi connectivity index (χ0v) is 18.8. The number of para-hydroxylation sites is 1. The predicted molar refractivity (Wildman–Crippen MR) is 120 cm³/mol. The van der Waals surface area contributed by atoms with Crippen LogP contribution in [0.1, 0.15) is 66.0 Å². The molecule has 2 aromatic heterocycles. The molecule has 0 aliphatic carbocycles. The van der Waals surface area contributed by atoms with Gasteiger partial charge in [0, 0.05) is 19.4 Å². The molecular weight excluding hydrogens is 462 g/mol. The minimum absolute atomic E-state index is 0.0958. The molecule has 3 aromatic rings. The largest absolute Gasteiger partial charge is 0.324 e. The van der Waals surface area contributed by atoms with E-state index in [-0.39, 0.29) is 41.0 Å². The number of anilines is 1. The summed E-state index contributed by atoms with van der Waals surface area (Å²) in [6.45, 7) is 1.97. The lowest BCUT2D eigenvalue weighted by Crippen LogP contribution is -2.45. The van der Waals surface area contributed by atoms with E-state index < -0.39 is 41.4 Å². The highest BCUT2D eigenvalue weighted by atomic mass is 19.3. The van der Waals surface area contributed by atoms with Gasteiger partial charge in [-0.15, -0.1) is 0 Å². The number of carbonyl (C=O) groups excluding carboxylic acids is 3. The fraction of sp³-hybridized carbons (Fsp3) is 0.391. The maximum atomic E-state index is 13.7. The standard InChI is InChI=1S/C23H22F2N6O4/c1-11-26-17-12(23(35)31(11)14-8-9-16(32)29-21(14)33)5-4-6-13(17)27-22(34)19-18(20(24)25)28-15-7-2-3-10-30(15)19/h4-6,14,20H,2-3,7-10H2,1H3,(H,27,34)(H,29,32,33). The van der Waals surface area contributed by atoms with Gasteiger partial charge in [-0.3, -0.25) is 29.1 Å². The van der Waals surface area contributed by atoms with E-state index in [0.717, 1.165) is 12.8 Å². The molecule has 0 spiro atoms. The summed E-state index contributed by atoms with van der Waals surface area (Å²) in [5.41, 5.74) is -0.920. The Morgan fingerprint density at radius 2 is 1.97 bits per heavy atom. The van der Waals surface area contributed by atoms with Crippen molar-refractivity contribution in [2.75, 3.05) is 5.32 Å². The van der Waals surface area contributed by atoms with Crippen LogP contribution < -0.4 is 16.2 Å². The number of hydrogen-bond acceptors (Lipinski definition) is 6. The molecule has 1 fully saturated rings. The molecule has 3 amide bonds. The highest BCUT2D eigenvalue weighted by molar-refractivity contribution is 6.08. The highest BCUT2D eigenvalue weighted by Gasteiger charge is 2.32. The van der Waals surface area contributed by atoms with Crippen molar-refractivity contribution in [1.29, 1.82) is 0 Å². The first-order chi connectivity index (χ1) is 16.8. The normalized spacial score (nSPS) is 18.0. The van der Waals surface area contributed by atoms with Crippen LogP contribution in [-0.2, 0) is 22.6 Å². The molecule has 0 radical (unpaired) electrons. The molecule has 1 aromatic carbocycles. The first kappa shape index (κ1) is 22.8. The van der Waals surface area contributed by atoms with E-state index in [0.29, 0.717) is 18.8 Å². The van der Waals surface area contributed by atoms with Crippen LogP contribution in [-0.4, -0.2) is 36.8 Å².